The van der Waals surface area contributed by atoms with Crippen molar-refractivity contribution in [2.75, 3.05) is 26.2 Å². The molecule has 2 aromatic carbocycles. The van der Waals surface area contributed by atoms with Gasteiger partial charge in [-0.25, -0.2) is 0 Å². The Labute approximate surface area is 168 Å². The molecule has 0 aliphatic carbocycles. The number of carbonyl (C=O) groups is 3. The Morgan fingerprint density at radius 3 is 2.66 bits per heavy atom. The van der Waals surface area contributed by atoms with Crippen LogP contribution in [-0.2, 0) is 14.3 Å². The second-order valence-electron chi connectivity index (χ2n) is 7.56. The quantitative estimate of drug-likeness (QED) is 0.837. The Morgan fingerprint density at radius 2 is 1.90 bits per heavy atom. The van der Waals surface area contributed by atoms with Gasteiger partial charge in [-0.05, 0) is 29.7 Å². The first-order valence-corrected chi connectivity index (χ1v) is 9.95. The van der Waals surface area contributed by atoms with Crippen LogP contribution >= 0.6 is 0 Å². The molecular formula is C22H24N2O5. The maximum atomic E-state index is 13.3. The summed E-state index contributed by atoms with van der Waals surface area (Å²) in [5.74, 6) is -1.72. The van der Waals surface area contributed by atoms with E-state index in [1.165, 1.54) is 4.90 Å². The molecule has 2 unspecified atom stereocenters. The second-order valence-corrected chi connectivity index (χ2v) is 7.56. The molecular weight excluding hydrogens is 372 g/mol. The van der Waals surface area contributed by atoms with Crippen molar-refractivity contribution in [2.24, 2.45) is 0 Å². The molecule has 29 heavy (non-hydrogen) atoms. The van der Waals surface area contributed by atoms with E-state index in [1.54, 1.807) is 17.0 Å². The first-order valence-electron chi connectivity index (χ1n) is 9.95. The van der Waals surface area contributed by atoms with Gasteiger partial charge >= 0.3 is 5.97 Å². The SMILES string of the molecule is O=C(O)CC1C(=O)N(CC2CCCO2)CCN1C(=O)c1cccc2ccccc12. The Morgan fingerprint density at radius 1 is 1.10 bits per heavy atom. The maximum absolute atomic E-state index is 13.3. The van der Waals surface area contributed by atoms with Crippen LogP contribution in [0.4, 0.5) is 0 Å². The van der Waals surface area contributed by atoms with E-state index in [4.69, 9.17) is 4.74 Å². The van der Waals surface area contributed by atoms with Gasteiger partial charge in [0.25, 0.3) is 5.91 Å². The van der Waals surface area contributed by atoms with E-state index < -0.39 is 18.4 Å². The minimum atomic E-state index is -1.10. The van der Waals surface area contributed by atoms with Crippen LogP contribution in [0.25, 0.3) is 10.8 Å². The summed E-state index contributed by atoms with van der Waals surface area (Å²) in [5.41, 5.74) is 0.485. The first kappa shape index (κ1) is 19.4. The molecule has 0 bridgehead atoms. The average Bonchev–Trinajstić information content (AvgIpc) is 3.23. The lowest BCUT2D eigenvalue weighted by molar-refractivity contribution is -0.148. The number of carboxylic acids is 1. The van der Waals surface area contributed by atoms with Gasteiger partial charge in [-0.3, -0.25) is 14.4 Å². The molecule has 2 atom stereocenters. The van der Waals surface area contributed by atoms with Crippen molar-refractivity contribution in [3.8, 4) is 0 Å². The number of carbonyl (C=O) groups excluding carboxylic acids is 2. The van der Waals surface area contributed by atoms with E-state index in [0.717, 1.165) is 23.6 Å². The number of fused-ring (bicyclic) bond motifs is 1. The summed E-state index contributed by atoms with van der Waals surface area (Å²) in [5, 5.41) is 11.1. The highest BCUT2D eigenvalue weighted by Crippen LogP contribution is 2.24. The minimum absolute atomic E-state index is 0.00949. The van der Waals surface area contributed by atoms with Crippen LogP contribution in [0.15, 0.2) is 42.5 Å². The fraction of sp³-hybridized carbons (Fsp3) is 0.409. The highest BCUT2D eigenvalue weighted by molar-refractivity contribution is 6.08. The lowest BCUT2D eigenvalue weighted by atomic mass is 10.0. The number of piperazine rings is 1. The van der Waals surface area contributed by atoms with Gasteiger partial charge in [0.1, 0.15) is 6.04 Å². The minimum Gasteiger partial charge on any atom is -0.481 e. The molecule has 2 saturated heterocycles. The van der Waals surface area contributed by atoms with Crippen molar-refractivity contribution in [3.63, 3.8) is 0 Å². The van der Waals surface area contributed by atoms with E-state index in [0.29, 0.717) is 31.8 Å². The number of hydrogen-bond acceptors (Lipinski definition) is 4. The van der Waals surface area contributed by atoms with E-state index in [-0.39, 0.29) is 17.9 Å². The van der Waals surface area contributed by atoms with Gasteiger partial charge in [0.15, 0.2) is 0 Å². The molecule has 7 nitrogen and oxygen atoms in total. The molecule has 2 aromatic rings. The number of rotatable bonds is 5. The molecule has 0 radical (unpaired) electrons. The molecule has 2 aliphatic rings. The number of ether oxygens (including phenoxy) is 1. The molecule has 0 saturated carbocycles. The summed E-state index contributed by atoms with van der Waals surface area (Å²) >= 11 is 0. The van der Waals surface area contributed by atoms with Crippen LogP contribution in [0.5, 0.6) is 0 Å². The number of aliphatic carboxylic acids is 1. The van der Waals surface area contributed by atoms with Crippen LogP contribution in [-0.4, -0.2) is 71.1 Å². The highest BCUT2D eigenvalue weighted by atomic mass is 16.5. The first-order chi connectivity index (χ1) is 14.0. The summed E-state index contributed by atoms with van der Waals surface area (Å²) in [7, 11) is 0. The molecule has 2 heterocycles. The normalized spacial score (nSPS) is 22.3. The lowest BCUT2D eigenvalue weighted by Crippen LogP contribution is -2.60. The zero-order chi connectivity index (χ0) is 20.4. The summed E-state index contributed by atoms with van der Waals surface area (Å²) in [6.45, 7) is 1.83. The van der Waals surface area contributed by atoms with Gasteiger partial charge in [0.05, 0.1) is 12.5 Å². The van der Waals surface area contributed by atoms with Crippen LogP contribution in [0.2, 0.25) is 0 Å². The van der Waals surface area contributed by atoms with Crippen LogP contribution in [0, 0.1) is 0 Å². The summed E-state index contributed by atoms with van der Waals surface area (Å²) in [6, 6.07) is 12.0. The molecule has 1 N–H and O–H groups in total. The smallest absolute Gasteiger partial charge is 0.305 e. The number of nitrogens with zero attached hydrogens (tertiary/aromatic N) is 2. The fourth-order valence-electron chi connectivity index (χ4n) is 4.23. The number of benzene rings is 2. The van der Waals surface area contributed by atoms with Crippen molar-refractivity contribution < 1.29 is 24.2 Å². The van der Waals surface area contributed by atoms with Crippen LogP contribution in [0.3, 0.4) is 0 Å². The summed E-state index contributed by atoms with van der Waals surface area (Å²) in [6.07, 6.45) is 1.45. The zero-order valence-corrected chi connectivity index (χ0v) is 16.1. The number of carboxylic acid groups (broad SMARTS) is 1. The van der Waals surface area contributed by atoms with Gasteiger partial charge in [-0.1, -0.05) is 36.4 Å². The third-order valence-corrected chi connectivity index (χ3v) is 5.68. The third-order valence-electron chi connectivity index (χ3n) is 5.68. The molecule has 4 rings (SSSR count). The Kier molecular flexibility index (Phi) is 5.49. The average molecular weight is 396 g/mol. The van der Waals surface area contributed by atoms with Gasteiger partial charge in [0, 0.05) is 31.8 Å². The van der Waals surface area contributed by atoms with Gasteiger partial charge in [0.2, 0.25) is 5.91 Å². The third kappa shape index (κ3) is 3.96. The van der Waals surface area contributed by atoms with Crippen molar-refractivity contribution in [2.45, 2.75) is 31.4 Å². The molecule has 7 heteroatoms. The van der Waals surface area contributed by atoms with E-state index in [1.807, 2.05) is 30.3 Å². The Balaban J connectivity index is 1.60. The van der Waals surface area contributed by atoms with Gasteiger partial charge in [-0.15, -0.1) is 0 Å². The number of hydrogen-bond donors (Lipinski definition) is 1. The van der Waals surface area contributed by atoms with Gasteiger partial charge < -0.3 is 19.6 Å². The van der Waals surface area contributed by atoms with Crippen molar-refractivity contribution in [1.29, 1.82) is 0 Å². The summed E-state index contributed by atoms with van der Waals surface area (Å²) in [4.78, 5) is 40.9. The predicted octanol–water partition coefficient (Wildman–Crippen LogP) is 2.15. The van der Waals surface area contributed by atoms with Crippen molar-refractivity contribution in [1.82, 2.24) is 9.80 Å². The van der Waals surface area contributed by atoms with Gasteiger partial charge in [-0.2, -0.15) is 0 Å². The van der Waals surface area contributed by atoms with E-state index in [9.17, 15) is 19.5 Å². The molecule has 2 fully saturated rings. The molecule has 152 valence electrons. The second kappa shape index (κ2) is 8.21. The largest absolute Gasteiger partial charge is 0.481 e. The standard InChI is InChI=1S/C22H24N2O5/c25-20(26)13-19-22(28)23(14-16-7-4-12-29-16)10-11-24(19)21(27)18-9-3-6-15-5-1-2-8-17(15)18/h1-3,5-6,8-9,16,19H,4,7,10-14H2,(H,25,26). The maximum Gasteiger partial charge on any atom is 0.305 e. The molecule has 0 spiro atoms. The van der Waals surface area contributed by atoms with Crippen LogP contribution in [0.1, 0.15) is 29.6 Å². The Bertz CT molecular complexity index is 932. The molecule has 0 aromatic heterocycles. The lowest BCUT2D eigenvalue weighted by Gasteiger charge is -2.41. The van der Waals surface area contributed by atoms with Crippen molar-refractivity contribution in [3.05, 3.63) is 48.0 Å². The zero-order valence-electron chi connectivity index (χ0n) is 16.1. The predicted molar refractivity (Wildman–Crippen MR) is 107 cm³/mol. The van der Waals surface area contributed by atoms with E-state index in [2.05, 4.69) is 0 Å². The topological polar surface area (TPSA) is 87.2 Å². The van der Waals surface area contributed by atoms with E-state index >= 15 is 0 Å². The molecule has 2 amide bonds. The monoisotopic (exact) mass is 396 g/mol. The Hall–Kier alpha value is -2.93. The highest BCUT2D eigenvalue weighted by Gasteiger charge is 2.40. The van der Waals surface area contributed by atoms with Crippen molar-refractivity contribution >= 4 is 28.6 Å². The van der Waals surface area contributed by atoms with Crippen LogP contribution < -0.4 is 0 Å². The molecule has 2 aliphatic heterocycles. The fourth-order valence-corrected chi connectivity index (χ4v) is 4.23. The number of amides is 2. The summed E-state index contributed by atoms with van der Waals surface area (Å²) < 4.78 is 5.62.